The Hall–Kier alpha value is -1.71. The molecule has 1 aromatic carbocycles. The van der Waals surface area contributed by atoms with E-state index in [4.69, 9.17) is 20.6 Å². The van der Waals surface area contributed by atoms with E-state index in [2.05, 4.69) is 0 Å². The Bertz CT molecular complexity index is 322. The van der Waals surface area contributed by atoms with Crippen molar-refractivity contribution < 1.29 is 9.47 Å². The van der Waals surface area contributed by atoms with E-state index in [-0.39, 0.29) is 11.9 Å². The van der Waals surface area contributed by atoms with Gasteiger partial charge in [0.1, 0.15) is 17.3 Å². The quantitative estimate of drug-likeness (QED) is 0.572. The Morgan fingerprint density at radius 3 is 2.27 bits per heavy atom. The van der Waals surface area contributed by atoms with E-state index in [1.54, 1.807) is 19.2 Å². The third-order valence-electron chi connectivity index (χ3n) is 2.06. The Labute approximate surface area is 89.5 Å². The molecule has 0 radical (unpaired) electrons. The fraction of sp³-hybridized carbons (Fsp3) is 0.364. The van der Waals surface area contributed by atoms with Crippen LogP contribution in [-0.2, 0) is 0 Å². The summed E-state index contributed by atoms with van der Waals surface area (Å²) in [7, 11) is 1.61. The molecular formula is C11H16N2O2. The van der Waals surface area contributed by atoms with Gasteiger partial charge in [-0.15, -0.1) is 0 Å². The molecule has 1 aromatic rings. The predicted molar refractivity (Wildman–Crippen MR) is 59.6 cm³/mol. The van der Waals surface area contributed by atoms with Crippen LogP contribution in [0.3, 0.4) is 0 Å². The molecule has 0 saturated carbocycles. The molecule has 0 aromatic heterocycles. The Balaban J connectivity index is 2.67. The molecule has 0 amide bonds. The van der Waals surface area contributed by atoms with Crippen LogP contribution in [0.25, 0.3) is 0 Å². The molecule has 0 fully saturated rings. The van der Waals surface area contributed by atoms with E-state index >= 15 is 0 Å². The highest BCUT2D eigenvalue weighted by atomic mass is 16.5. The number of hydrogen-bond acceptors (Lipinski definition) is 3. The molecule has 15 heavy (non-hydrogen) atoms. The Morgan fingerprint density at radius 2 is 1.87 bits per heavy atom. The minimum atomic E-state index is -0.349. The topological polar surface area (TPSA) is 68.3 Å². The molecule has 0 spiro atoms. The summed E-state index contributed by atoms with van der Waals surface area (Å²) in [6.07, 6.45) is 0.333. The molecule has 4 heteroatoms. The van der Waals surface area contributed by atoms with Crippen molar-refractivity contribution in [2.24, 2.45) is 5.73 Å². The summed E-state index contributed by atoms with van der Waals surface area (Å²) in [4.78, 5) is 0. The molecule has 1 unspecified atom stereocenters. The summed E-state index contributed by atoms with van der Waals surface area (Å²) < 4.78 is 10.5. The highest BCUT2D eigenvalue weighted by Crippen LogP contribution is 2.18. The summed E-state index contributed by atoms with van der Waals surface area (Å²) in [6, 6.07) is 7.21. The number of nitrogens with one attached hydrogen (secondary N) is 1. The first-order valence-electron chi connectivity index (χ1n) is 4.82. The van der Waals surface area contributed by atoms with Gasteiger partial charge in [0, 0.05) is 0 Å². The van der Waals surface area contributed by atoms with Gasteiger partial charge < -0.3 is 15.2 Å². The van der Waals surface area contributed by atoms with Gasteiger partial charge in [-0.3, -0.25) is 5.41 Å². The second-order valence-electron chi connectivity index (χ2n) is 3.15. The third kappa shape index (κ3) is 3.16. The lowest BCUT2D eigenvalue weighted by Crippen LogP contribution is -2.32. The van der Waals surface area contributed by atoms with Crippen LogP contribution < -0.4 is 15.2 Å². The fourth-order valence-corrected chi connectivity index (χ4v) is 1.19. The van der Waals surface area contributed by atoms with E-state index < -0.39 is 0 Å². The maximum atomic E-state index is 7.31. The van der Waals surface area contributed by atoms with Gasteiger partial charge in [0.15, 0.2) is 6.10 Å². The van der Waals surface area contributed by atoms with Crippen LogP contribution in [0, 0.1) is 5.41 Å². The number of rotatable bonds is 5. The molecule has 1 rings (SSSR count). The Kier molecular flexibility index (Phi) is 3.97. The molecule has 0 bridgehead atoms. The lowest BCUT2D eigenvalue weighted by atomic mass is 10.2. The van der Waals surface area contributed by atoms with Gasteiger partial charge in [0.05, 0.1) is 7.11 Å². The monoisotopic (exact) mass is 208 g/mol. The van der Waals surface area contributed by atoms with Crippen LogP contribution in [0.4, 0.5) is 0 Å². The molecule has 0 aliphatic carbocycles. The van der Waals surface area contributed by atoms with E-state index in [1.165, 1.54) is 0 Å². The van der Waals surface area contributed by atoms with Crippen LogP contribution in [0.15, 0.2) is 24.3 Å². The summed E-state index contributed by atoms with van der Waals surface area (Å²) in [5, 5.41) is 7.31. The van der Waals surface area contributed by atoms with Crippen LogP contribution >= 0.6 is 0 Å². The van der Waals surface area contributed by atoms with Crippen molar-refractivity contribution in [1.29, 1.82) is 5.41 Å². The van der Waals surface area contributed by atoms with E-state index in [0.717, 1.165) is 5.75 Å². The maximum absolute atomic E-state index is 7.31. The average Bonchev–Trinajstić information content (AvgIpc) is 2.26. The van der Waals surface area contributed by atoms with Crippen molar-refractivity contribution in [2.45, 2.75) is 19.4 Å². The number of hydrogen-bond donors (Lipinski definition) is 2. The lowest BCUT2D eigenvalue weighted by Gasteiger charge is -2.15. The molecular weight excluding hydrogens is 192 g/mol. The summed E-state index contributed by atoms with van der Waals surface area (Å²) >= 11 is 0. The summed E-state index contributed by atoms with van der Waals surface area (Å²) in [6.45, 7) is 1.93. The zero-order valence-electron chi connectivity index (χ0n) is 8.99. The molecule has 3 N–H and O–H groups in total. The molecule has 1 atom stereocenters. The zero-order valence-corrected chi connectivity index (χ0v) is 8.99. The summed E-state index contributed by atoms with van der Waals surface area (Å²) in [5.41, 5.74) is 5.38. The van der Waals surface area contributed by atoms with Crippen molar-refractivity contribution in [3.05, 3.63) is 24.3 Å². The summed E-state index contributed by atoms with van der Waals surface area (Å²) in [5.74, 6) is 1.52. The van der Waals surface area contributed by atoms with Gasteiger partial charge >= 0.3 is 0 Å². The average molecular weight is 208 g/mol. The normalized spacial score (nSPS) is 11.9. The fourth-order valence-electron chi connectivity index (χ4n) is 1.19. The largest absolute Gasteiger partial charge is 0.497 e. The zero-order chi connectivity index (χ0) is 11.3. The second-order valence-corrected chi connectivity index (χ2v) is 3.15. The van der Waals surface area contributed by atoms with Crippen LogP contribution in [0.1, 0.15) is 13.3 Å². The van der Waals surface area contributed by atoms with Gasteiger partial charge in [0.25, 0.3) is 0 Å². The maximum Gasteiger partial charge on any atom is 0.155 e. The van der Waals surface area contributed by atoms with E-state index in [9.17, 15) is 0 Å². The molecule has 0 aliphatic heterocycles. The number of ether oxygens (including phenoxy) is 2. The van der Waals surface area contributed by atoms with Crippen LogP contribution in [-0.4, -0.2) is 19.0 Å². The van der Waals surface area contributed by atoms with Crippen LogP contribution in [0.2, 0.25) is 0 Å². The Morgan fingerprint density at radius 1 is 1.33 bits per heavy atom. The SMILES string of the molecule is CCC(Oc1ccc(OC)cc1)C(=N)N. The van der Waals surface area contributed by atoms with Gasteiger partial charge in [-0.2, -0.15) is 0 Å². The van der Waals surface area contributed by atoms with Crippen molar-refractivity contribution in [3.8, 4) is 11.5 Å². The molecule has 0 saturated heterocycles. The van der Waals surface area contributed by atoms with Crippen molar-refractivity contribution in [3.63, 3.8) is 0 Å². The van der Waals surface area contributed by atoms with Crippen molar-refractivity contribution in [1.82, 2.24) is 0 Å². The van der Waals surface area contributed by atoms with Crippen molar-refractivity contribution in [2.75, 3.05) is 7.11 Å². The smallest absolute Gasteiger partial charge is 0.155 e. The number of nitrogens with two attached hydrogens (primary N) is 1. The minimum Gasteiger partial charge on any atom is -0.497 e. The second kappa shape index (κ2) is 5.24. The van der Waals surface area contributed by atoms with Gasteiger partial charge in [-0.05, 0) is 30.7 Å². The van der Waals surface area contributed by atoms with E-state index in [1.807, 2.05) is 19.1 Å². The van der Waals surface area contributed by atoms with Crippen molar-refractivity contribution >= 4 is 5.84 Å². The number of methoxy groups -OCH3 is 1. The van der Waals surface area contributed by atoms with E-state index in [0.29, 0.717) is 12.2 Å². The first-order chi connectivity index (χ1) is 7.17. The molecule has 0 heterocycles. The van der Waals surface area contributed by atoms with Gasteiger partial charge in [-0.25, -0.2) is 0 Å². The number of amidine groups is 1. The first-order valence-corrected chi connectivity index (χ1v) is 4.82. The highest BCUT2D eigenvalue weighted by molar-refractivity contribution is 5.81. The third-order valence-corrected chi connectivity index (χ3v) is 2.06. The standard InChI is InChI=1S/C11H16N2O2/c1-3-10(11(12)13)15-9-6-4-8(14-2)5-7-9/h4-7,10H,3H2,1-2H3,(H3,12,13). The number of benzene rings is 1. The first kappa shape index (κ1) is 11.4. The lowest BCUT2D eigenvalue weighted by molar-refractivity contribution is 0.260. The predicted octanol–water partition coefficient (Wildman–Crippen LogP) is 1.79. The highest BCUT2D eigenvalue weighted by Gasteiger charge is 2.10. The molecule has 0 aliphatic rings. The van der Waals surface area contributed by atoms with Gasteiger partial charge in [0.2, 0.25) is 0 Å². The molecule has 82 valence electrons. The van der Waals surface area contributed by atoms with Gasteiger partial charge in [-0.1, -0.05) is 6.92 Å². The minimum absolute atomic E-state index is 0.0494. The molecule has 4 nitrogen and oxygen atoms in total. The van der Waals surface area contributed by atoms with Crippen LogP contribution in [0.5, 0.6) is 11.5 Å².